The van der Waals surface area contributed by atoms with Crippen LogP contribution >= 0.6 is 0 Å². The third kappa shape index (κ3) is 4.44. The van der Waals surface area contributed by atoms with Crippen molar-refractivity contribution in [2.75, 3.05) is 44.7 Å². The Labute approximate surface area is 164 Å². The molecule has 1 fully saturated rings. The number of aryl methyl sites for hydroxylation is 1. The van der Waals surface area contributed by atoms with Crippen LogP contribution in [0.25, 0.3) is 0 Å². The van der Waals surface area contributed by atoms with Crippen LogP contribution in [0.3, 0.4) is 0 Å². The molecule has 1 aliphatic rings. The van der Waals surface area contributed by atoms with Crippen LogP contribution in [-0.4, -0.2) is 55.6 Å². The summed E-state index contributed by atoms with van der Waals surface area (Å²) in [4.78, 5) is 21.2. The molecule has 2 heterocycles. The highest BCUT2D eigenvalue weighted by atomic mass is 19.1. The van der Waals surface area contributed by atoms with Gasteiger partial charge in [-0.2, -0.15) is 0 Å². The van der Waals surface area contributed by atoms with E-state index in [1.54, 1.807) is 13.0 Å². The Bertz CT molecular complexity index is 831. The highest BCUT2D eigenvalue weighted by molar-refractivity contribution is 5.90. The quantitative estimate of drug-likeness (QED) is 0.818. The van der Waals surface area contributed by atoms with Gasteiger partial charge in [-0.05, 0) is 46.0 Å². The van der Waals surface area contributed by atoms with Crippen LogP contribution in [0.1, 0.15) is 41.8 Å². The average molecular weight is 390 g/mol. The Morgan fingerprint density at radius 1 is 1.36 bits per heavy atom. The van der Waals surface area contributed by atoms with Gasteiger partial charge in [-0.1, -0.05) is 0 Å². The second kappa shape index (κ2) is 8.60. The van der Waals surface area contributed by atoms with Crippen LogP contribution in [0.4, 0.5) is 10.1 Å². The van der Waals surface area contributed by atoms with Crippen molar-refractivity contribution in [3.8, 4) is 5.95 Å². The number of anilines is 1. The first-order valence-corrected chi connectivity index (χ1v) is 9.53. The monoisotopic (exact) mass is 390 g/mol. The summed E-state index contributed by atoms with van der Waals surface area (Å²) in [6.45, 7) is 9.37. The van der Waals surface area contributed by atoms with Gasteiger partial charge in [-0.3, -0.25) is 4.79 Å². The van der Waals surface area contributed by atoms with Crippen molar-refractivity contribution < 1.29 is 18.3 Å². The van der Waals surface area contributed by atoms with E-state index in [2.05, 4.69) is 27.1 Å². The molecule has 1 saturated heterocycles. The molecule has 8 heteroatoms. The van der Waals surface area contributed by atoms with Gasteiger partial charge in [0.05, 0.1) is 12.6 Å². The lowest BCUT2D eigenvalue weighted by atomic mass is 10.0. The van der Waals surface area contributed by atoms with Gasteiger partial charge in [0.25, 0.3) is 5.89 Å². The van der Waals surface area contributed by atoms with Crippen molar-refractivity contribution in [1.29, 1.82) is 0 Å². The molecule has 0 saturated carbocycles. The highest BCUT2D eigenvalue weighted by Crippen LogP contribution is 2.29. The van der Waals surface area contributed by atoms with Gasteiger partial charge >= 0.3 is 11.9 Å². The first-order valence-electron chi connectivity index (χ1n) is 9.53. The maximum atomic E-state index is 14.0. The largest absolute Gasteiger partial charge is 0.464 e. The Balaban J connectivity index is 1.78. The molecule has 2 aromatic rings. The smallest absolute Gasteiger partial charge is 0.308 e. The SMILES string of the molecule is CCOc1oc(C(=O)NC(C)c2cc(F)ccc2N2CCN(C)CC2)nc1C. The molecule has 0 bridgehead atoms. The number of hydrogen-bond donors (Lipinski definition) is 1. The second-order valence-electron chi connectivity index (χ2n) is 7.01. The Morgan fingerprint density at radius 2 is 2.07 bits per heavy atom. The van der Waals surface area contributed by atoms with Crippen LogP contribution in [0, 0.1) is 12.7 Å². The number of piperazine rings is 1. The molecule has 0 aliphatic carbocycles. The van der Waals surface area contributed by atoms with Crippen molar-refractivity contribution in [3.63, 3.8) is 0 Å². The van der Waals surface area contributed by atoms with E-state index in [0.29, 0.717) is 12.3 Å². The first-order chi connectivity index (χ1) is 13.4. The predicted molar refractivity (Wildman–Crippen MR) is 104 cm³/mol. The summed E-state index contributed by atoms with van der Waals surface area (Å²) in [6.07, 6.45) is 0. The topological polar surface area (TPSA) is 70.8 Å². The van der Waals surface area contributed by atoms with Gasteiger partial charge < -0.3 is 24.3 Å². The summed E-state index contributed by atoms with van der Waals surface area (Å²) in [5.74, 6) is -0.621. The minimum absolute atomic E-state index is 0.0645. The maximum absolute atomic E-state index is 14.0. The molecule has 1 N–H and O–H groups in total. The van der Waals surface area contributed by atoms with Gasteiger partial charge in [-0.25, -0.2) is 9.37 Å². The molecule has 1 unspecified atom stereocenters. The second-order valence-corrected chi connectivity index (χ2v) is 7.01. The van der Waals surface area contributed by atoms with E-state index in [1.807, 2.05) is 13.8 Å². The fraction of sp³-hybridized carbons (Fsp3) is 0.500. The number of carbonyl (C=O) groups excluding carboxylic acids is 1. The number of oxazole rings is 1. The van der Waals surface area contributed by atoms with Crippen LogP contribution in [0.5, 0.6) is 5.95 Å². The van der Waals surface area contributed by atoms with Crippen LogP contribution < -0.4 is 15.0 Å². The van der Waals surface area contributed by atoms with E-state index >= 15 is 0 Å². The number of ether oxygens (including phenoxy) is 1. The number of hydrogen-bond acceptors (Lipinski definition) is 6. The van der Waals surface area contributed by atoms with Gasteiger partial charge in [0, 0.05) is 37.4 Å². The van der Waals surface area contributed by atoms with E-state index in [9.17, 15) is 9.18 Å². The molecule has 3 rings (SSSR count). The average Bonchev–Trinajstić information content (AvgIpc) is 3.03. The van der Waals surface area contributed by atoms with Gasteiger partial charge in [0.1, 0.15) is 11.5 Å². The molecule has 1 aromatic carbocycles. The number of aromatic nitrogens is 1. The number of nitrogens with zero attached hydrogens (tertiary/aromatic N) is 3. The number of rotatable bonds is 6. The molecule has 152 valence electrons. The van der Waals surface area contributed by atoms with Gasteiger partial charge in [-0.15, -0.1) is 0 Å². The van der Waals surface area contributed by atoms with E-state index in [0.717, 1.165) is 37.4 Å². The molecular formula is C20H27FN4O3. The van der Waals surface area contributed by atoms with Gasteiger partial charge in [0.2, 0.25) is 0 Å². The van der Waals surface area contributed by atoms with Crippen molar-refractivity contribution in [3.05, 3.63) is 41.2 Å². The maximum Gasteiger partial charge on any atom is 0.308 e. The van der Waals surface area contributed by atoms with Crippen LogP contribution in [0.2, 0.25) is 0 Å². The lowest BCUT2D eigenvalue weighted by Crippen LogP contribution is -2.45. The van der Waals surface area contributed by atoms with Crippen molar-refractivity contribution in [1.82, 2.24) is 15.2 Å². The summed E-state index contributed by atoms with van der Waals surface area (Å²) >= 11 is 0. The summed E-state index contributed by atoms with van der Waals surface area (Å²) in [6, 6.07) is 4.30. The summed E-state index contributed by atoms with van der Waals surface area (Å²) in [5.41, 5.74) is 2.18. The van der Waals surface area contributed by atoms with E-state index in [-0.39, 0.29) is 17.7 Å². The van der Waals surface area contributed by atoms with Crippen LogP contribution in [-0.2, 0) is 0 Å². The molecule has 1 amide bonds. The third-order valence-corrected chi connectivity index (χ3v) is 4.87. The van der Waals surface area contributed by atoms with Crippen molar-refractivity contribution >= 4 is 11.6 Å². The molecule has 28 heavy (non-hydrogen) atoms. The normalized spacial score (nSPS) is 16.1. The Morgan fingerprint density at radius 3 is 2.75 bits per heavy atom. The Kier molecular flexibility index (Phi) is 6.18. The summed E-state index contributed by atoms with van der Waals surface area (Å²) < 4.78 is 24.7. The minimum Gasteiger partial charge on any atom is -0.464 e. The lowest BCUT2D eigenvalue weighted by Gasteiger charge is -2.36. The third-order valence-electron chi connectivity index (χ3n) is 4.87. The molecular weight excluding hydrogens is 363 g/mol. The molecule has 7 nitrogen and oxygen atoms in total. The molecule has 1 aromatic heterocycles. The number of carbonyl (C=O) groups is 1. The van der Waals surface area contributed by atoms with Gasteiger partial charge in [0.15, 0.2) is 0 Å². The zero-order chi connectivity index (χ0) is 20.3. The lowest BCUT2D eigenvalue weighted by molar-refractivity contribution is 0.0896. The fourth-order valence-electron chi connectivity index (χ4n) is 3.29. The molecule has 1 atom stereocenters. The zero-order valence-electron chi connectivity index (χ0n) is 16.8. The number of nitrogens with one attached hydrogen (secondary N) is 1. The molecule has 0 spiro atoms. The van der Waals surface area contributed by atoms with Crippen molar-refractivity contribution in [2.24, 2.45) is 0 Å². The molecule has 1 aliphatic heterocycles. The van der Waals surface area contributed by atoms with Crippen molar-refractivity contribution in [2.45, 2.75) is 26.8 Å². The van der Waals surface area contributed by atoms with Crippen LogP contribution in [0.15, 0.2) is 22.6 Å². The standard InChI is InChI=1S/C20H27FN4O3/c1-5-27-20-14(3)23-19(28-20)18(26)22-13(2)16-12-15(21)6-7-17(16)25-10-8-24(4)9-11-25/h6-7,12-13H,5,8-11H2,1-4H3,(H,22,26). The number of halogens is 1. The van der Waals surface area contributed by atoms with E-state index in [4.69, 9.17) is 9.15 Å². The number of benzene rings is 1. The summed E-state index contributed by atoms with van der Waals surface area (Å²) in [7, 11) is 2.08. The number of likely N-dealkylation sites (N-methyl/N-ethyl adjacent to an activating group) is 1. The fourth-order valence-corrected chi connectivity index (χ4v) is 3.29. The van der Waals surface area contributed by atoms with E-state index < -0.39 is 11.9 Å². The zero-order valence-corrected chi connectivity index (χ0v) is 16.8. The minimum atomic E-state index is -0.463. The molecule has 0 radical (unpaired) electrons. The number of amides is 1. The Hall–Kier alpha value is -2.61. The van der Waals surface area contributed by atoms with E-state index in [1.165, 1.54) is 12.1 Å². The predicted octanol–water partition coefficient (Wildman–Crippen LogP) is 2.76. The summed E-state index contributed by atoms with van der Waals surface area (Å²) in [5, 5.41) is 2.86. The highest BCUT2D eigenvalue weighted by Gasteiger charge is 2.24. The first kappa shape index (κ1) is 20.1.